The predicted octanol–water partition coefficient (Wildman–Crippen LogP) is 3.54. The van der Waals surface area contributed by atoms with Crippen molar-refractivity contribution in [1.82, 2.24) is 0 Å². The van der Waals surface area contributed by atoms with Crippen LogP contribution >= 0.6 is 0 Å². The summed E-state index contributed by atoms with van der Waals surface area (Å²) in [6, 6.07) is 5.61. The molecular formula is C17H19FO5S. The van der Waals surface area contributed by atoms with E-state index in [1.165, 1.54) is 14.2 Å². The second-order valence-corrected chi connectivity index (χ2v) is 6.84. The van der Waals surface area contributed by atoms with E-state index in [0.29, 0.717) is 11.1 Å². The molecule has 0 fully saturated rings. The minimum absolute atomic E-state index is 0.0943. The highest BCUT2D eigenvalue weighted by atomic mass is 32.2. The normalized spacial score (nSPS) is 11.2. The molecule has 0 saturated heterocycles. The molecular weight excluding hydrogens is 335 g/mol. The van der Waals surface area contributed by atoms with Gasteiger partial charge in [-0.25, -0.2) is 4.39 Å². The summed E-state index contributed by atoms with van der Waals surface area (Å²) in [6.45, 7) is 5.31. The van der Waals surface area contributed by atoms with E-state index in [2.05, 4.69) is 0 Å². The van der Waals surface area contributed by atoms with Crippen molar-refractivity contribution in [3.05, 3.63) is 46.8 Å². The van der Waals surface area contributed by atoms with Crippen molar-refractivity contribution in [3.8, 4) is 17.2 Å². The third-order valence-electron chi connectivity index (χ3n) is 3.77. The molecule has 0 bridgehead atoms. The number of hydrogen-bond acceptors (Lipinski definition) is 5. The SMILES string of the molecule is COc1cc(F)c(S(=O)(=O)Oc2c(C)ccc(C)c2C)cc1OC. The number of ether oxygens (including phenoxy) is 2. The molecule has 0 aliphatic heterocycles. The van der Waals surface area contributed by atoms with Crippen LogP contribution in [0.15, 0.2) is 29.2 Å². The molecule has 2 aromatic rings. The average Bonchev–Trinajstić information content (AvgIpc) is 2.54. The highest BCUT2D eigenvalue weighted by Gasteiger charge is 2.26. The van der Waals surface area contributed by atoms with Crippen LogP contribution in [-0.2, 0) is 10.1 Å². The number of methoxy groups -OCH3 is 2. The third kappa shape index (κ3) is 3.31. The van der Waals surface area contributed by atoms with Crippen LogP contribution in [-0.4, -0.2) is 22.6 Å². The molecule has 0 aliphatic rings. The molecule has 0 spiro atoms. The van der Waals surface area contributed by atoms with Gasteiger partial charge in [-0.3, -0.25) is 0 Å². The zero-order chi connectivity index (χ0) is 18.1. The summed E-state index contributed by atoms with van der Waals surface area (Å²) in [5.74, 6) is -0.588. The van der Waals surface area contributed by atoms with E-state index in [9.17, 15) is 12.8 Å². The van der Waals surface area contributed by atoms with Crippen molar-refractivity contribution in [2.45, 2.75) is 25.7 Å². The second-order valence-electron chi connectivity index (χ2n) is 5.33. The lowest BCUT2D eigenvalue weighted by Crippen LogP contribution is -2.14. The first-order valence-electron chi connectivity index (χ1n) is 7.14. The van der Waals surface area contributed by atoms with Gasteiger partial charge in [0.1, 0.15) is 16.5 Å². The summed E-state index contributed by atoms with van der Waals surface area (Å²) in [5.41, 5.74) is 2.20. The smallest absolute Gasteiger partial charge is 0.342 e. The van der Waals surface area contributed by atoms with E-state index in [1.54, 1.807) is 19.9 Å². The highest BCUT2D eigenvalue weighted by molar-refractivity contribution is 7.87. The van der Waals surface area contributed by atoms with Crippen molar-refractivity contribution in [1.29, 1.82) is 0 Å². The van der Waals surface area contributed by atoms with E-state index >= 15 is 0 Å². The van der Waals surface area contributed by atoms with E-state index in [-0.39, 0.29) is 17.2 Å². The van der Waals surface area contributed by atoms with Crippen LogP contribution in [0.3, 0.4) is 0 Å². The molecule has 0 N–H and O–H groups in total. The van der Waals surface area contributed by atoms with Gasteiger partial charge in [0.05, 0.1) is 14.2 Å². The maximum absolute atomic E-state index is 14.2. The van der Waals surface area contributed by atoms with Crippen LogP contribution in [0, 0.1) is 26.6 Å². The van der Waals surface area contributed by atoms with Crippen LogP contribution in [0.2, 0.25) is 0 Å². The van der Waals surface area contributed by atoms with E-state index in [0.717, 1.165) is 17.7 Å². The highest BCUT2D eigenvalue weighted by Crippen LogP contribution is 2.34. The molecule has 7 heteroatoms. The van der Waals surface area contributed by atoms with E-state index in [4.69, 9.17) is 13.7 Å². The Labute approximate surface area is 141 Å². The molecule has 0 radical (unpaired) electrons. The fraction of sp³-hybridized carbons (Fsp3) is 0.294. The fourth-order valence-corrected chi connectivity index (χ4v) is 3.35. The Morgan fingerprint density at radius 2 is 1.46 bits per heavy atom. The largest absolute Gasteiger partial charge is 0.493 e. The Balaban J connectivity index is 2.55. The maximum Gasteiger partial charge on any atom is 0.342 e. The number of halogens is 1. The molecule has 130 valence electrons. The molecule has 0 atom stereocenters. The monoisotopic (exact) mass is 354 g/mol. The van der Waals surface area contributed by atoms with E-state index < -0.39 is 20.8 Å². The summed E-state index contributed by atoms with van der Waals surface area (Å²) in [7, 11) is -1.70. The van der Waals surface area contributed by atoms with Gasteiger partial charge in [-0.2, -0.15) is 8.42 Å². The Hall–Kier alpha value is -2.28. The summed E-state index contributed by atoms with van der Waals surface area (Å²) in [4.78, 5) is -0.611. The van der Waals surface area contributed by atoms with Crippen molar-refractivity contribution in [3.63, 3.8) is 0 Å². The van der Waals surface area contributed by atoms with Gasteiger partial charge in [-0.05, 0) is 37.5 Å². The van der Waals surface area contributed by atoms with Gasteiger partial charge in [-0.1, -0.05) is 12.1 Å². The van der Waals surface area contributed by atoms with Gasteiger partial charge < -0.3 is 13.7 Å². The standard InChI is InChI=1S/C17H19FO5S/c1-10-6-7-11(2)17(12(10)3)23-24(19,20)16-9-15(22-5)14(21-4)8-13(16)18/h6-9H,1-5H3. The second kappa shape index (κ2) is 6.68. The first-order chi connectivity index (χ1) is 11.2. The molecule has 0 aliphatic carbocycles. The number of rotatable bonds is 5. The molecule has 2 rings (SSSR count). The van der Waals surface area contributed by atoms with Crippen LogP contribution in [0.25, 0.3) is 0 Å². The Kier molecular flexibility index (Phi) is 5.03. The fourth-order valence-electron chi connectivity index (χ4n) is 2.24. The number of benzene rings is 2. The molecule has 0 unspecified atom stereocenters. The first kappa shape index (κ1) is 18.1. The predicted molar refractivity (Wildman–Crippen MR) is 88.0 cm³/mol. The van der Waals surface area contributed by atoms with Crippen LogP contribution < -0.4 is 13.7 Å². The third-order valence-corrected chi connectivity index (χ3v) is 5.01. The lowest BCUT2D eigenvalue weighted by Gasteiger charge is -2.15. The maximum atomic E-state index is 14.2. The molecule has 0 aromatic heterocycles. The minimum Gasteiger partial charge on any atom is -0.493 e. The number of hydrogen-bond donors (Lipinski definition) is 0. The molecule has 2 aromatic carbocycles. The minimum atomic E-state index is -4.37. The lowest BCUT2D eigenvalue weighted by atomic mass is 10.1. The first-order valence-corrected chi connectivity index (χ1v) is 8.55. The summed E-state index contributed by atoms with van der Waals surface area (Å²) >= 11 is 0. The van der Waals surface area contributed by atoms with Crippen molar-refractivity contribution < 1.29 is 26.5 Å². The van der Waals surface area contributed by atoms with Crippen LogP contribution in [0.1, 0.15) is 16.7 Å². The van der Waals surface area contributed by atoms with Crippen molar-refractivity contribution >= 4 is 10.1 Å². The van der Waals surface area contributed by atoms with Gasteiger partial charge in [0, 0.05) is 12.1 Å². The molecule has 0 saturated carbocycles. The number of aryl methyl sites for hydroxylation is 2. The Morgan fingerprint density at radius 1 is 0.917 bits per heavy atom. The quantitative estimate of drug-likeness (QED) is 0.769. The molecule has 0 heterocycles. The topological polar surface area (TPSA) is 61.8 Å². The van der Waals surface area contributed by atoms with Crippen molar-refractivity contribution in [2.75, 3.05) is 14.2 Å². The summed E-state index contributed by atoms with van der Waals surface area (Å²) < 4.78 is 54.5. The Morgan fingerprint density at radius 3 is 2.04 bits per heavy atom. The molecule has 24 heavy (non-hydrogen) atoms. The van der Waals surface area contributed by atoms with Crippen LogP contribution in [0.4, 0.5) is 4.39 Å². The van der Waals surface area contributed by atoms with Gasteiger partial charge >= 0.3 is 10.1 Å². The van der Waals surface area contributed by atoms with Gasteiger partial charge in [0.15, 0.2) is 11.5 Å². The zero-order valence-corrected chi connectivity index (χ0v) is 15.0. The average molecular weight is 354 g/mol. The lowest BCUT2D eigenvalue weighted by molar-refractivity contribution is 0.349. The molecule has 5 nitrogen and oxygen atoms in total. The summed E-state index contributed by atoms with van der Waals surface area (Å²) in [6.07, 6.45) is 0. The summed E-state index contributed by atoms with van der Waals surface area (Å²) in [5, 5.41) is 0. The van der Waals surface area contributed by atoms with Gasteiger partial charge in [-0.15, -0.1) is 0 Å². The van der Waals surface area contributed by atoms with Crippen LogP contribution in [0.5, 0.6) is 17.2 Å². The van der Waals surface area contributed by atoms with Gasteiger partial charge in [0.25, 0.3) is 0 Å². The zero-order valence-electron chi connectivity index (χ0n) is 14.1. The Bertz CT molecular complexity index is 875. The van der Waals surface area contributed by atoms with Gasteiger partial charge in [0.2, 0.25) is 0 Å². The molecule has 0 amide bonds. The van der Waals surface area contributed by atoms with E-state index in [1.807, 2.05) is 13.0 Å². The van der Waals surface area contributed by atoms with Crippen molar-refractivity contribution in [2.24, 2.45) is 0 Å².